The second kappa shape index (κ2) is 7.25. The van der Waals surface area contributed by atoms with E-state index < -0.39 is 0 Å². The lowest BCUT2D eigenvalue weighted by molar-refractivity contribution is -0.130. The number of amides is 1. The molecule has 0 saturated heterocycles. The molecule has 2 aromatic carbocycles. The first kappa shape index (κ1) is 16.8. The molecule has 0 aliphatic heterocycles. The van der Waals surface area contributed by atoms with Gasteiger partial charge in [-0.15, -0.1) is 0 Å². The second-order valence-electron chi connectivity index (χ2n) is 6.15. The van der Waals surface area contributed by atoms with Crippen LogP contribution in [0.15, 0.2) is 42.5 Å². The molecule has 3 rings (SSSR count). The lowest BCUT2D eigenvalue weighted by atomic mass is 10.2. The summed E-state index contributed by atoms with van der Waals surface area (Å²) >= 11 is 0. The van der Waals surface area contributed by atoms with Gasteiger partial charge in [0.25, 0.3) is 5.91 Å². The summed E-state index contributed by atoms with van der Waals surface area (Å²) < 4.78 is 5.72. The van der Waals surface area contributed by atoms with Crippen molar-refractivity contribution in [3.63, 3.8) is 0 Å². The van der Waals surface area contributed by atoms with Gasteiger partial charge in [-0.3, -0.25) is 9.89 Å². The van der Waals surface area contributed by atoms with Crippen LogP contribution in [-0.2, 0) is 11.3 Å². The van der Waals surface area contributed by atoms with E-state index in [-0.39, 0.29) is 12.5 Å². The summed E-state index contributed by atoms with van der Waals surface area (Å²) in [7, 11) is 3.43. The summed E-state index contributed by atoms with van der Waals surface area (Å²) in [6.45, 7) is 2.59. The maximum absolute atomic E-state index is 11.8. The number of hydrogen-bond acceptors (Lipinski definition) is 4. The maximum atomic E-state index is 11.8. The predicted molar refractivity (Wildman–Crippen MR) is 98.8 cm³/mol. The summed E-state index contributed by atoms with van der Waals surface area (Å²) in [6, 6.07) is 13.9. The summed E-state index contributed by atoms with van der Waals surface area (Å²) in [5.74, 6) is 0.589. The van der Waals surface area contributed by atoms with Crippen LogP contribution in [0.3, 0.4) is 0 Å². The molecule has 1 heterocycles. The number of rotatable bonds is 6. The molecule has 0 aliphatic rings. The third-order valence-corrected chi connectivity index (χ3v) is 3.98. The zero-order valence-corrected chi connectivity index (χ0v) is 14.7. The van der Waals surface area contributed by atoms with Crippen LogP contribution in [-0.4, -0.2) is 41.7 Å². The largest absolute Gasteiger partial charge is 0.482 e. The van der Waals surface area contributed by atoms with E-state index in [1.807, 2.05) is 49.4 Å². The number of ether oxygens (including phenoxy) is 1. The van der Waals surface area contributed by atoms with E-state index in [1.165, 1.54) is 4.90 Å². The van der Waals surface area contributed by atoms with Crippen LogP contribution >= 0.6 is 0 Å². The molecular weight excluding hydrogens is 316 g/mol. The van der Waals surface area contributed by atoms with Gasteiger partial charge in [-0.1, -0.05) is 24.3 Å². The number of para-hydroxylation sites is 1. The Kier molecular flexibility index (Phi) is 4.88. The number of aromatic nitrogens is 2. The lowest BCUT2D eigenvalue weighted by Crippen LogP contribution is -2.27. The van der Waals surface area contributed by atoms with Gasteiger partial charge < -0.3 is 15.0 Å². The number of carbonyl (C=O) groups is 1. The van der Waals surface area contributed by atoms with Gasteiger partial charge in [-0.05, 0) is 30.7 Å². The van der Waals surface area contributed by atoms with Crippen molar-refractivity contribution in [3.05, 3.63) is 53.7 Å². The number of carbonyl (C=O) groups excluding carboxylic acids is 1. The molecule has 0 aliphatic carbocycles. The second-order valence-corrected chi connectivity index (χ2v) is 6.15. The minimum atomic E-state index is -0.0768. The Balaban J connectivity index is 1.74. The van der Waals surface area contributed by atoms with Crippen molar-refractivity contribution in [2.45, 2.75) is 13.5 Å². The number of aryl methyl sites for hydroxylation is 1. The van der Waals surface area contributed by atoms with Crippen LogP contribution in [0.1, 0.15) is 11.3 Å². The van der Waals surface area contributed by atoms with Crippen LogP contribution in [0.5, 0.6) is 5.75 Å². The molecule has 1 amide bonds. The first-order valence-corrected chi connectivity index (χ1v) is 8.14. The fourth-order valence-corrected chi connectivity index (χ4v) is 2.50. The zero-order chi connectivity index (χ0) is 17.8. The molecule has 0 bridgehead atoms. The highest BCUT2D eigenvalue weighted by molar-refractivity contribution is 5.81. The molecule has 130 valence electrons. The lowest BCUT2D eigenvalue weighted by Gasteiger charge is -2.15. The number of hydrogen-bond donors (Lipinski definition) is 2. The molecule has 25 heavy (non-hydrogen) atoms. The number of nitrogens with zero attached hydrogens (tertiary/aromatic N) is 2. The van der Waals surface area contributed by atoms with Gasteiger partial charge in [0.05, 0.1) is 23.4 Å². The van der Waals surface area contributed by atoms with Crippen molar-refractivity contribution in [2.24, 2.45) is 0 Å². The van der Waals surface area contributed by atoms with Crippen molar-refractivity contribution in [2.75, 3.05) is 26.0 Å². The smallest absolute Gasteiger partial charge is 0.259 e. The molecule has 0 atom stereocenters. The molecule has 0 spiro atoms. The summed E-state index contributed by atoms with van der Waals surface area (Å²) in [4.78, 5) is 13.3. The van der Waals surface area contributed by atoms with Crippen LogP contribution < -0.4 is 10.1 Å². The molecule has 1 aromatic heterocycles. The first-order chi connectivity index (χ1) is 12.0. The Morgan fingerprint density at radius 3 is 2.84 bits per heavy atom. The average molecular weight is 338 g/mol. The molecule has 0 radical (unpaired) electrons. The highest BCUT2D eigenvalue weighted by Gasteiger charge is 2.10. The number of H-pyrrole nitrogens is 1. The molecule has 2 N–H and O–H groups in total. The van der Waals surface area contributed by atoms with Gasteiger partial charge in [0, 0.05) is 19.5 Å². The highest BCUT2D eigenvalue weighted by atomic mass is 16.5. The minimum absolute atomic E-state index is 0.0120. The van der Waals surface area contributed by atoms with Crippen LogP contribution in [0.2, 0.25) is 0 Å². The number of fused-ring (bicyclic) bond motifs is 1. The van der Waals surface area contributed by atoms with Crippen LogP contribution in [0.25, 0.3) is 10.9 Å². The number of likely N-dealkylation sites (N-methyl/N-ethyl adjacent to an activating group) is 1. The molecule has 0 saturated carbocycles. The standard InChI is InChI=1S/C19H22N4O2/c1-13-8-9-16(18(10-13)25-12-19(24)23(2)3)20-11-17-14-6-4-5-7-15(14)21-22-17/h4-10,20H,11-12H2,1-3H3,(H,21,22). The monoisotopic (exact) mass is 338 g/mol. The predicted octanol–water partition coefficient (Wildman–Crippen LogP) is 2.95. The topological polar surface area (TPSA) is 70.2 Å². The summed E-state index contributed by atoms with van der Waals surface area (Å²) in [6.07, 6.45) is 0. The molecule has 6 nitrogen and oxygen atoms in total. The van der Waals surface area contributed by atoms with Gasteiger partial charge in [0.1, 0.15) is 5.75 Å². The third kappa shape index (κ3) is 3.91. The highest BCUT2D eigenvalue weighted by Crippen LogP contribution is 2.27. The van der Waals surface area contributed by atoms with Gasteiger partial charge >= 0.3 is 0 Å². The molecule has 3 aromatic rings. The SMILES string of the molecule is Cc1ccc(NCc2[nH]nc3ccccc23)c(OCC(=O)N(C)C)c1. The fourth-order valence-electron chi connectivity index (χ4n) is 2.50. The Bertz CT molecular complexity index is 886. The van der Waals surface area contributed by atoms with Crippen molar-refractivity contribution >= 4 is 22.5 Å². The molecular formula is C19H22N4O2. The average Bonchev–Trinajstić information content (AvgIpc) is 3.02. The van der Waals surface area contributed by atoms with Crippen molar-refractivity contribution < 1.29 is 9.53 Å². The van der Waals surface area contributed by atoms with E-state index >= 15 is 0 Å². The van der Waals surface area contributed by atoms with Crippen LogP contribution in [0.4, 0.5) is 5.69 Å². The first-order valence-electron chi connectivity index (χ1n) is 8.14. The number of nitrogens with one attached hydrogen (secondary N) is 2. The van der Waals surface area contributed by atoms with E-state index in [4.69, 9.17) is 4.74 Å². The number of aromatic amines is 1. The third-order valence-electron chi connectivity index (χ3n) is 3.98. The number of benzene rings is 2. The summed E-state index contributed by atoms with van der Waals surface area (Å²) in [5.41, 5.74) is 3.86. The van der Waals surface area contributed by atoms with Gasteiger partial charge in [0.15, 0.2) is 6.61 Å². The van der Waals surface area contributed by atoms with Gasteiger partial charge in [-0.2, -0.15) is 5.10 Å². The van der Waals surface area contributed by atoms with E-state index in [0.29, 0.717) is 12.3 Å². The normalized spacial score (nSPS) is 10.7. The van der Waals surface area contributed by atoms with Crippen molar-refractivity contribution in [3.8, 4) is 5.75 Å². The Labute approximate surface area is 146 Å². The Hall–Kier alpha value is -3.02. The maximum Gasteiger partial charge on any atom is 0.259 e. The Morgan fingerprint density at radius 2 is 2.04 bits per heavy atom. The van der Waals surface area contributed by atoms with E-state index in [0.717, 1.165) is 27.8 Å². The molecule has 6 heteroatoms. The van der Waals surface area contributed by atoms with Crippen molar-refractivity contribution in [1.82, 2.24) is 15.1 Å². The van der Waals surface area contributed by atoms with E-state index in [1.54, 1.807) is 14.1 Å². The number of anilines is 1. The van der Waals surface area contributed by atoms with Gasteiger partial charge in [-0.25, -0.2) is 0 Å². The van der Waals surface area contributed by atoms with E-state index in [2.05, 4.69) is 15.5 Å². The van der Waals surface area contributed by atoms with Gasteiger partial charge in [0.2, 0.25) is 0 Å². The quantitative estimate of drug-likeness (QED) is 0.725. The zero-order valence-electron chi connectivity index (χ0n) is 14.7. The van der Waals surface area contributed by atoms with Crippen molar-refractivity contribution in [1.29, 1.82) is 0 Å². The van der Waals surface area contributed by atoms with Crippen LogP contribution in [0, 0.1) is 6.92 Å². The molecule has 0 unspecified atom stereocenters. The minimum Gasteiger partial charge on any atom is -0.482 e. The summed E-state index contributed by atoms with van der Waals surface area (Å²) in [5, 5.41) is 11.8. The molecule has 0 fully saturated rings. The Morgan fingerprint density at radius 1 is 1.24 bits per heavy atom. The van der Waals surface area contributed by atoms with E-state index in [9.17, 15) is 4.79 Å². The fraction of sp³-hybridized carbons (Fsp3) is 0.263.